The summed E-state index contributed by atoms with van der Waals surface area (Å²) >= 11 is 0. The Bertz CT molecular complexity index is 867. The molecule has 0 spiro atoms. The van der Waals surface area contributed by atoms with Gasteiger partial charge < -0.3 is 24.6 Å². The van der Waals surface area contributed by atoms with Crippen LogP contribution in [-0.4, -0.2) is 72.5 Å². The number of hydrogen-bond donors (Lipinski definition) is 1. The molecule has 4 rings (SSSR count). The summed E-state index contributed by atoms with van der Waals surface area (Å²) in [6, 6.07) is 5.00. The molecule has 32 heavy (non-hydrogen) atoms. The molecule has 3 heterocycles. The first-order valence-electron chi connectivity index (χ1n) is 11.7. The molecule has 1 aromatic rings. The lowest BCUT2D eigenvalue weighted by Crippen LogP contribution is -2.54. The fraction of sp³-hybridized carbons (Fsp3) is 0.625. The number of fused-ring (bicyclic) bond motifs is 2. The highest BCUT2D eigenvalue weighted by Gasteiger charge is 2.39. The minimum atomic E-state index is -0.288. The number of carbonyl (C=O) groups is 3. The zero-order valence-corrected chi connectivity index (χ0v) is 19.0. The smallest absolute Gasteiger partial charge is 0.257 e. The van der Waals surface area contributed by atoms with Crippen LogP contribution in [0.4, 0.5) is 5.69 Å². The molecule has 3 aliphatic heterocycles. The van der Waals surface area contributed by atoms with Crippen molar-refractivity contribution < 1.29 is 23.9 Å². The van der Waals surface area contributed by atoms with Crippen molar-refractivity contribution in [1.82, 2.24) is 9.80 Å². The molecular weight excluding hydrogens is 410 g/mol. The Morgan fingerprint density at radius 2 is 1.94 bits per heavy atom. The number of benzene rings is 1. The number of hydrogen-bond acceptors (Lipinski definition) is 5. The van der Waals surface area contributed by atoms with Gasteiger partial charge in [0.05, 0.1) is 24.1 Å². The summed E-state index contributed by atoms with van der Waals surface area (Å²) in [5, 5.41) is 2.79. The molecule has 1 N–H and O–H groups in total. The third kappa shape index (κ3) is 4.90. The molecule has 0 bridgehead atoms. The number of rotatable bonds is 4. The van der Waals surface area contributed by atoms with Crippen molar-refractivity contribution in [3.8, 4) is 5.75 Å². The predicted octanol–water partition coefficient (Wildman–Crippen LogP) is 2.82. The van der Waals surface area contributed by atoms with E-state index in [4.69, 9.17) is 9.47 Å². The molecule has 3 aliphatic rings. The van der Waals surface area contributed by atoms with Gasteiger partial charge in [0, 0.05) is 32.2 Å². The van der Waals surface area contributed by atoms with Gasteiger partial charge in [-0.25, -0.2) is 0 Å². The lowest BCUT2D eigenvalue weighted by atomic mass is 9.94. The first-order valence-corrected chi connectivity index (χ1v) is 11.7. The molecule has 2 fully saturated rings. The Hall–Kier alpha value is -2.61. The second kappa shape index (κ2) is 9.90. The normalized spacial score (nSPS) is 25.7. The van der Waals surface area contributed by atoms with Gasteiger partial charge in [-0.1, -0.05) is 6.92 Å². The van der Waals surface area contributed by atoms with Gasteiger partial charge in [-0.2, -0.15) is 0 Å². The van der Waals surface area contributed by atoms with Crippen LogP contribution in [0.2, 0.25) is 0 Å². The third-order valence-corrected chi connectivity index (χ3v) is 6.73. The Morgan fingerprint density at radius 3 is 2.69 bits per heavy atom. The summed E-state index contributed by atoms with van der Waals surface area (Å²) < 4.78 is 12.3. The van der Waals surface area contributed by atoms with Crippen molar-refractivity contribution in [2.24, 2.45) is 0 Å². The van der Waals surface area contributed by atoms with Crippen LogP contribution in [0.3, 0.4) is 0 Å². The second-order valence-corrected chi connectivity index (χ2v) is 8.93. The van der Waals surface area contributed by atoms with E-state index in [-0.39, 0.29) is 36.0 Å². The third-order valence-electron chi connectivity index (χ3n) is 6.73. The van der Waals surface area contributed by atoms with Crippen LogP contribution in [0.1, 0.15) is 62.2 Å². The standard InChI is InChI=1S/C24H33N3O5/c1-3-22(28)25-16-7-10-20-18(13-16)24(30)26(2)19-9-8-17(32-21(19)15-31-20)14-23(29)27-11-5-4-6-12-27/h7,10,13,17,19,21H,3-6,8-9,11-12,14-15H2,1-2H3,(H,25,28)/t17-,19-,21+/m1/s1. The van der Waals surface area contributed by atoms with E-state index in [1.807, 2.05) is 4.90 Å². The van der Waals surface area contributed by atoms with Crippen molar-refractivity contribution in [3.05, 3.63) is 23.8 Å². The highest BCUT2D eigenvalue weighted by atomic mass is 16.5. The zero-order chi connectivity index (χ0) is 22.7. The number of ether oxygens (including phenoxy) is 2. The van der Waals surface area contributed by atoms with E-state index in [1.165, 1.54) is 6.42 Å². The van der Waals surface area contributed by atoms with Crippen LogP contribution in [0.25, 0.3) is 0 Å². The van der Waals surface area contributed by atoms with Gasteiger partial charge in [-0.15, -0.1) is 0 Å². The number of nitrogens with zero attached hydrogens (tertiary/aromatic N) is 2. The average molecular weight is 444 g/mol. The van der Waals surface area contributed by atoms with E-state index in [0.29, 0.717) is 36.4 Å². The van der Waals surface area contributed by atoms with Crippen LogP contribution in [-0.2, 0) is 14.3 Å². The van der Waals surface area contributed by atoms with E-state index in [1.54, 1.807) is 37.1 Å². The summed E-state index contributed by atoms with van der Waals surface area (Å²) in [6.07, 6.45) is 5.15. The molecular formula is C24H33N3O5. The van der Waals surface area contributed by atoms with Gasteiger partial charge in [-0.3, -0.25) is 14.4 Å². The maximum atomic E-state index is 13.2. The summed E-state index contributed by atoms with van der Waals surface area (Å²) in [5.74, 6) is 0.374. The summed E-state index contributed by atoms with van der Waals surface area (Å²) in [7, 11) is 1.79. The molecule has 3 atom stereocenters. The van der Waals surface area contributed by atoms with Gasteiger partial charge in [0.2, 0.25) is 11.8 Å². The monoisotopic (exact) mass is 443 g/mol. The van der Waals surface area contributed by atoms with Crippen molar-refractivity contribution in [3.63, 3.8) is 0 Å². The number of piperidine rings is 1. The first kappa shape index (κ1) is 22.6. The molecule has 0 unspecified atom stereocenters. The van der Waals surface area contributed by atoms with Crippen molar-refractivity contribution in [2.45, 2.75) is 70.1 Å². The van der Waals surface area contributed by atoms with Gasteiger partial charge in [-0.05, 0) is 50.3 Å². The van der Waals surface area contributed by atoms with Gasteiger partial charge in [0.15, 0.2) is 0 Å². The van der Waals surface area contributed by atoms with Crippen LogP contribution in [0.5, 0.6) is 5.75 Å². The topological polar surface area (TPSA) is 88.2 Å². The van der Waals surface area contributed by atoms with Crippen molar-refractivity contribution >= 4 is 23.4 Å². The number of likely N-dealkylation sites (N-methyl/N-ethyl adjacent to an activating group) is 1. The fourth-order valence-corrected chi connectivity index (χ4v) is 4.82. The molecule has 2 saturated heterocycles. The highest BCUT2D eigenvalue weighted by Crippen LogP contribution is 2.32. The predicted molar refractivity (Wildman–Crippen MR) is 120 cm³/mol. The van der Waals surface area contributed by atoms with Crippen molar-refractivity contribution in [2.75, 3.05) is 32.1 Å². The maximum absolute atomic E-state index is 13.2. The molecule has 174 valence electrons. The molecule has 0 saturated carbocycles. The van der Waals surface area contributed by atoms with Crippen LogP contribution in [0.15, 0.2) is 18.2 Å². The zero-order valence-electron chi connectivity index (χ0n) is 19.0. The van der Waals surface area contributed by atoms with E-state index < -0.39 is 0 Å². The molecule has 3 amide bonds. The summed E-state index contributed by atoms with van der Waals surface area (Å²) in [5.41, 5.74) is 1.01. The number of likely N-dealkylation sites (tertiary alicyclic amines) is 1. The SMILES string of the molecule is CCC(=O)Nc1ccc2c(c1)C(=O)N(C)[C@@H]1CC[C@H](CC(=O)N3CCCCC3)O[C@H]1CO2. The van der Waals surface area contributed by atoms with E-state index in [9.17, 15) is 14.4 Å². The van der Waals surface area contributed by atoms with E-state index in [2.05, 4.69) is 5.32 Å². The number of anilines is 1. The fourth-order valence-electron chi connectivity index (χ4n) is 4.82. The molecule has 0 radical (unpaired) electrons. The minimum absolute atomic E-state index is 0.108. The maximum Gasteiger partial charge on any atom is 0.257 e. The Kier molecular flexibility index (Phi) is 6.98. The highest BCUT2D eigenvalue weighted by molar-refractivity contribution is 5.99. The minimum Gasteiger partial charge on any atom is -0.490 e. The summed E-state index contributed by atoms with van der Waals surface area (Å²) in [4.78, 5) is 41.3. The summed E-state index contributed by atoms with van der Waals surface area (Å²) in [6.45, 7) is 3.77. The van der Waals surface area contributed by atoms with Crippen LogP contribution in [0, 0.1) is 0 Å². The Labute approximate surface area is 189 Å². The number of nitrogens with one attached hydrogen (secondary N) is 1. The van der Waals surface area contributed by atoms with Crippen LogP contribution >= 0.6 is 0 Å². The Balaban J connectivity index is 1.44. The van der Waals surface area contributed by atoms with E-state index in [0.717, 1.165) is 38.8 Å². The van der Waals surface area contributed by atoms with Crippen molar-refractivity contribution in [1.29, 1.82) is 0 Å². The largest absolute Gasteiger partial charge is 0.490 e. The quantitative estimate of drug-likeness (QED) is 0.773. The molecule has 8 nitrogen and oxygen atoms in total. The Morgan fingerprint density at radius 1 is 1.16 bits per heavy atom. The average Bonchev–Trinajstić information content (AvgIpc) is 2.82. The number of carbonyl (C=O) groups excluding carboxylic acids is 3. The van der Waals surface area contributed by atoms with E-state index >= 15 is 0 Å². The first-order chi connectivity index (χ1) is 15.5. The van der Waals surface area contributed by atoms with Gasteiger partial charge in [0.25, 0.3) is 5.91 Å². The number of amides is 3. The van der Waals surface area contributed by atoms with Crippen LogP contribution < -0.4 is 10.1 Å². The lowest BCUT2D eigenvalue weighted by molar-refractivity contribution is -0.143. The molecule has 8 heteroatoms. The molecule has 0 aromatic heterocycles. The lowest BCUT2D eigenvalue weighted by Gasteiger charge is -2.42. The second-order valence-electron chi connectivity index (χ2n) is 8.93. The van der Waals surface area contributed by atoms with Gasteiger partial charge >= 0.3 is 0 Å². The molecule has 0 aliphatic carbocycles. The molecule has 1 aromatic carbocycles. The van der Waals surface area contributed by atoms with Gasteiger partial charge in [0.1, 0.15) is 18.5 Å².